The predicted octanol–water partition coefficient (Wildman–Crippen LogP) is 14.1. The SMILES string of the molecule is CCCCCCCCCCCS(=O)Oc1c(OS(=O)CCCCCCCCCCC)c2ccc3ccc4ccc5ccc6ccc1c1c6c5c4c3c21. The fraction of sp³-hybridized carbons (Fsp3) is 0.478. The van der Waals surface area contributed by atoms with Crippen molar-refractivity contribution >= 4 is 86.8 Å². The highest BCUT2D eigenvalue weighted by atomic mass is 32.2. The van der Waals surface area contributed by atoms with Crippen LogP contribution in [0.4, 0.5) is 0 Å². The molecule has 0 aliphatic rings. The van der Waals surface area contributed by atoms with Gasteiger partial charge in [-0.15, -0.1) is 0 Å². The Hall–Kier alpha value is -3.22. The molecule has 0 fully saturated rings. The molecule has 0 spiro atoms. The van der Waals surface area contributed by atoms with Crippen LogP contribution in [0, 0.1) is 0 Å². The van der Waals surface area contributed by atoms with Gasteiger partial charge in [0.15, 0.2) is 11.5 Å². The van der Waals surface area contributed by atoms with E-state index in [2.05, 4.69) is 74.5 Å². The third kappa shape index (κ3) is 7.85. The molecule has 0 saturated heterocycles. The van der Waals surface area contributed by atoms with Gasteiger partial charge in [0.05, 0.1) is 11.5 Å². The predicted molar refractivity (Wildman–Crippen MR) is 227 cm³/mol. The van der Waals surface area contributed by atoms with Gasteiger partial charge in [-0.1, -0.05) is 165 Å². The summed E-state index contributed by atoms with van der Waals surface area (Å²) < 4.78 is 40.4. The van der Waals surface area contributed by atoms with Gasteiger partial charge in [-0.3, -0.25) is 0 Å². The first-order chi connectivity index (χ1) is 25.6. The fourth-order valence-electron chi connectivity index (χ4n) is 8.50. The van der Waals surface area contributed by atoms with Crippen molar-refractivity contribution in [2.45, 2.75) is 129 Å². The minimum absolute atomic E-state index is 0.460. The van der Waals surface area contributed by atoms with E-state index in [0.717, 1.165) is 60.1 Å². The third-order valence-electron chi connectivity index (χ3n) is 11.3. The molecule has 52 heavy (non-hydrogen) atoms. The van der Waals surface area contributed by atoms with Crippen LogP contribution in [0.3, 0.4) is 0 Å². The molecule has 7 aromatic rings. The number of unbranched alkanes of at least 4 members (excludes halogenated alkanes) is 16. The van der Waals surface area contributed by atoms with Gasteiger partial charge in [-0.05, 0) is 68.1 Å². The molecule has 6 heteroatoms. The zero-order valence-electron chi connectivity index (χ0n) is 31.4. The van der Waals surface area contributed by atoms with Gasteiger partial charge in [0, 0.05) is 21.5 Å². The normalized spacial score (nSPS) is 13.6. The summed E-state index contributed by atoms with van der Waals surface area (Å²) >= 11 is -3.11. The molecule has 2 atom stereocenters. The molecular formula is C46H56O4S2. The van der Waals surface area contributed by atoms with Gasteiger partial charge in [0.2, 0.25) is 22.2 Å². The molecule has 4 nitrogen and oxygen atoms in total. The van der Waals surface area contributed by atoms with E-state index in [4.69, 9.17) is 8.37 Å². The van der Waals surface area contributed by atoms with Crippen molar-refractivity contribution in [1.29, 1.82) is 0 Å². The zero-order chi connectivity index (χ0) is 35.9. The molecule has 0 aliphatic heterocycles. The van der Waals surface area contributed by atoms with Crippen molar-refractivity contribution in [1.82, 2.24) is 0 Å². The molecular weight excluding hydrogens is 681 g/mol. The van der Waals surface area contributed by atoms with Crippen molar-refractivity contribution in [3.63, 3.8) is 0 Å². The van der Waals surface area contributed by atoms with Crippen LogP contribution in [0.5, 0.6) is 11.5 Å². The maximum Gasteiger partial charge on any atom is 0.206 e. The van der Waals surface area contributed by atoms with E-state index in [1.807, 2.05) is 0 Å². The minimum atomic E-state index is -1.56. The smallest absolute Gasteiger partial charge is 0.206 e. The highest BCUT2D eigenvalue weighted by Crippen LogP contribution is 2.54. The average Bonchev–Trinajstić information content (AvgIpc) is 3.16. The van der Waals surface area contributed by atoms with Gasteiger partial charge in [0.25, 0.3) is 0 Å². The fourth-order valence-corrected chi connectivity index (χ4v) is 10.3. The highest BCUT2D eigenvalue weighted by Gasteiger charge is 2.27. The number of benzene rings is 7. The second-order valence-electron chi connectivity index (χ2n) is 15.1. The first kappa shape index (κ1) is 37.1. The Morgan fingerprint density at radius 3 is 0.962 bits per heavy atom. The van der Waals surface area contributed by atoms with Crippen molar-refractivity contribution in [3.05, 3.63) is 60.7 Å². The Labute approximate surface area is 315 Å². The summed E-state index contributed by atoms with van der Waals surface area (Å²) in [7, 11) is 0. The molecule has 0 aliphatic carbocycles. The van der Waals surface area contributed by atoms with Crippen LogP contribution in [-0.4, -0.2) is 19.9 Å². The summed E-state index contributed by atoms with van der Waals surface area (Å²) in [5, 5.41) is 13.7. The molecule has 0 amide bonds. The largest absolute Gasteiger partial charge is 0.396 e. The van der Waals surface area contributed by atoms with Crippen LogP contribution >= 0.6 is 0 Å². The summed E-state index contributed by atoms with van der Waals surface area (Å²) in [6.45, 7) is 4.51. The van der Waals surface area contributed by atoms with E-state index >= 15 is 0 Å². The quantitative estimate of drug-likeness (QED) is 0.0352. The Kier molecular flexibility index (Phi) is 12.7. The molecule has 0 saturated carbocycles. The molecule has 0 bridgehead atoms. The zero-order valence-corrected chi connectivity index (χ0v) is 33.0. The lowest BCUT2D eigenvalue weighted by Crippen LogP contribution is -2.11. The lowest BCUT2D eigenvalue weighted by atomic mass is 9.82. The maximum atomic E-state index is 13.7. The van der Waals surface area contributed by atoms with E-state index in [1.54, 1.807) is 0 Å². The third-order valence-corrected chi connectivity index (χ3v) is 13.2. The lowest BCUT2D eigenvalue weighted by Gasteiger charge is -2.23. The molecule has 7 aromatic carbocycles. The minimum Gasteiger partial charge on any atom is -0.396 e. The summed E-state index contributed by atoms with van der Waals surface area (Å²) in [5.74, 6) is 1.86. The van der Waals surface area contributed by atoms with E-state index in [0.29, 0.717) is 23.0 Å². The molecule has 7 rings (SSSR count). The monoisotopic (exact) mass is 736 g/mol. The van der Waals surface area contributed by atoms with Gasteiger partial charge in [0.1, 0.15) is 0 Å². The van der Waals surface area contributed by atoms with Crippen LogP contribution < -0.4 is 8.37 Å². The van der Waals surface area contributed by atoms with E-state index in [-0.39, 0.29) is 0 Å². The second kappa shape index (κ2) is 17.7. The average molecular weight is 737 g/mol. The van der Waals surface area contributed by atoms with Crippen LogP contribution in [-0.2, 0) is 22.2 Å². The van der Waals surface area contributed by atoms with Crippen molar-refractivity contribution < 1.29 is 16.8 Å². The topological polar surface area (TPSA) is 52.6 Å². The molecule has 276 valence electrons. The molecule has 0 heterocycles. The van der Waals surface area contributed by atoms with E-state index in [9.17, 15) is 8.42 Å². The summed E-state index contributed by atoms with van der Waals surface area (Å²) in [5.41, 5.74) is 0. The number of hydrogen-bond acceptors (Lipinski definition) is 4. The van der Waals surface area contributed by atoms with Crippen LogP contribution in [0.2, 0.25) is 0 Å². The molecule has 0 N–H and O–H groups in total. The second-order valence-corrected chi connectivity index (χ2v) is 17.4. The Morgan fingerprint density at radius 2 is 0.635 bits per heavy atom. The lowest BCUT2D eigenvalue weighted by molar-refractivity contribution is 0.513. The van der Waals surface area contributed by atoms with Crippen LogP contribution in [0.15, 0.2) is 60.7 Å². The van der Waals surface area contributed by atoms with Crippen molar-refractivity contribution in [2.24, 2.45) is 0 Å². The summed E-state index contributed by atoms with van der Waals surface area (Å²) in [6, 6.07) is 21.8. The number of rotatable bonds is 24. The van der Waals surface area contributed by atoms with Gasteiger partial charge in [-0.2, -0.15) is 0 Å². The molecule has 2 unspecified atom stereocenters. The van der Waals surface area contributed by atoms with E-state index in [1.165, 1.54) is 120 Å². The Morgan fingerprint density at radius 1 is 0.365 bits per heavy atom. The maximum absolute atomic E-state index is 13.7. The van der Waals surface area contributed by atoms with E-state index < -0.39 is 22.2 Å². The standard InChI is InChI=1S/C46H56O4S2/c1-3-5-7-9-11-13-15-17-19-31-51(47)49-45-37-29-27-35-25-23-33-21-22-34-24-26-36-28-30-38(44-42(36)40(34)39(33)41(35)43(37)44)46(45)50-52(48)32-20-18-16-14-12-10-8-6-4-2/h21-30H,3-20,31-32H2,1-2H3. The van der Waals surface area contributed by atoms with Gasteiger partial charge in [-0.25, -0.2) is 8.42 Å². The highest BCUT2D eigenvalue weighted by molar-refractivity contribution is 7.80. The number of hydrogen-bond donors (Lipinski definition) is 0. The van der Waals surface area contributed by atoms with Crippen LogP contribution in [0.25, 0.3) is 64.6 Å². The van der Waals surface area contributed by atoms with Gasteiger partial charge >= 0.3 is 0 Å². The van der Waals surface area contributed by atoms with Gasteiger partial charge < -0.3 is 8.37 Å². The van der Waals surface area contributed by atoms with Crippen molar-refractivity contribution in [2.75, 3.05) is 11.5 Å². The Balaban J connectivity index is 1.18. The first-order valence-electron chi connectivity index (χ1n) is 20.4. The van der Waals surface area contributed by atoms with Crippen LogP contribution in [0.1, 0.15) is 129 Å². The summed E-state index contributed by atoms with van der Waals surface area (Å²) in [4.78, 5) is 0. The molecule has 0 aromatic heterocycles. The summed E-state index contributed by atoms with van der Waals surface area (Å²) in [6.07, 6.45) is 21.7. The van der Waals surface area contributed by atoms with Crippen molar-refractivity contribution in [3.8, 4) is 11.5 Å². The first-order valence-corrected chi connectivity index (χ1v) is 22.9. The molecule has 0 radical (unpaired) electrons. The Bertz CT molecular complexity index is 2070.